The number of nitrogens with zero attached hydrogens (tertiary/aromatic N) is 3. The highest BCUT2D eigenvalue weighted by atomic mass is 32.1. The third kappa shape index (κ3) is 4.85. The van der Waals surface area contributed by atoms with Crippen LogP contribution in [0.5, 0.6) is 0 Å². The van der Waals surface area contributed by atoms with Gasteiger partial charge in [-0.1, -0.05) is 30.3 Å². The molecule has 1 amide bonds. The van der Waals surface area contributed by atoms with Gasteiger partial charge in [0.15, 0.2) is 5.11 Å². The summed E-state index contributed by atoms with van der Waals surface area (Å²) in [5, 5.41) is 6.88. The van der Waals surface area contributed by atoms with Gasteiger partial charge in [-0.3, -0.25) is 9.78 Å². The Morgan fingerprint density at radius 3 is 2.69 bits per heavy atom. The summed E-state index contributed by atoms with van der Waals surface area (Å²) in [6.45, 7) is 2.37. The summed E-state index contributed by atoms with van der Waals surface area (Å²) in [5.41, 5.74) is 3.95. The summed E-state index contributed by atoms with van der Waals surface area (Å²) in [5.74, 6) is -0.421. The number of thiocarbonyl (C=S) groups is 1. The fourth-order valence-corrected chi connectivity index (χ4v) is 4.97. The maximum atomic E-state index is 14.8. The number of rotatable bonds is 7. The summed E-state index contributed by atoms with van der Waals surface area (Å²) in [7, 11) is 0. The predicted molar refractivity (Wildman–Crippen MR) is 142 cm³/mol. The molecule has 0 radical (unpaired) electrons. The molecule has 1 aliphatic heterocycles. The maximum absolute atomic E-state index is 14.8. The SMILES string of the molecule is Cc1cccc(NC(=O)CCN2C(=S)NC(c3ccccn3)C2c2cccn2-c2ccccc2F)c1. The van der Waals surface area contributed by atoms with E-state index in [1.807, 2.05) is 83.3 Å². The Bertz CT molecular complexity index is 1390. The monoisotopic (exact) mass is 499 g/mol. The molecule has 1 aliphatic rings. The first-order valence-electron chi connectivity index (χ1n) is 11.8. The van der Waals surface area contributed by atoms with Crippen LogP contribution in [0.2, 0.25) is 0 Å². The molecule has 2 atom stereocenters. The molecule has 2 aromatic carbocycles. The zero-order chi connectivity index (χ0) is 25.1. The van der Waals surface area contributed by atoms with Crippen molar-refractivity contribution in [3.8, 4) is 5.69 Å². The zero-order valence-corrected chi connectivity index (χ0v) is 20.6. The Balaban J connectivity index is 1.45. The molecule has 2 aromatic heterocycles. The van der Waals surface area contributed by atoms with E-state index in [0.29, 0.717) is 17.3 Å². The number of hydrogen-bond donors (Lipinski definition) is 2. The highest BCUT2D eigenvalue weighted by Gasteiger charge is 2.41. The highest BCUT2D eigenvalue weighted by molar-refractivity contribution is 7.80. The van der Waals surface area contributed by atoms with Crippen LogP contribution in [0.1, 0.15) is 35.5 Å². The molecule has 4 aromatic rings. The first-order valence-corrected chi connectivity index (χ1v) is 12.2. The number of halogens is 1. The first kappa shape index (κ1) is 23.7. The normalized spacial score (nSPS) is 17.2. The van der Waals surface area contributed by atoms with E-state index in [9.17, 15) is 9.18 Å². The molecule has 5 rings (SSSR count). The number of aryl methyl sites for hydroxylation is 1. The van der Waals surface area contributed by atoms with Crippen LogP contribution in [0.15, 0.2) is 91.3 Å². The van der Waals surface area contributed by atoms with Crippen molar-refractivity contribution >= 4 is 28.9 Å². The maximum Gasteiger partial charge on any atom is 0.226 e. The molecule has 1 fully saturated rings. The topological polar surface area (TPSA) is 62.2 Å². The van der Waals surface area contributed by atoms with E-state index in [-0.39, 0.29) is 30.2 Å². The lowest BCUT2D eigenvalue weighted by Gasteiger charge is -2.29. The molecule has 0 bridgehead atoms. The van der Waals surface area contributed by atoms with Gasteiger partial charge in [-0.15, -0.1) is 0 Å². The van der Waals surface area contributed by atoms with Gasteiger partial charge >= 0.3 is 0 Å². The summed E-state index contributed by atoms with van der Waals surface area (Å²) in [6, 6.07) is 23.4. The van der Waals surface area contributed by atoms with E-state index in [4.69, 9.17) is 12.2 Å². The van der Waals surface area contributed by atoms with E-state index in [0.717, 1.165) is 22.6 Å². The van der Waals surface area contributed by atoms with Gasteiger partial charge in [0, 0.05) is 36.7 Å². The van der Waals surface area contributed by atoms with Gasteiger partial charge < -0.3 is 20.1 Å². The Kier molecular flexibility index (Phi) is 6.77. The lowest BCUT2D eigenvalue weighted by molar-refractivity contribution is -0.116. The van der Waals surface area contributed by atoms with Gasteiger partial charge in [0.05, 0.1) is 23.5 Å². The van der Waals surface area contributed by atoms with Crippen molar-refractivity contribution in [2.45, 2.75) is 25.4 Å². The largest absolute Gasteiger partial charge is 0.352 e. The third-order valence-electron chi connectivity index (χ3n) is 6.27. The van der Waals surface area contributed by atoms with Gasteiger partial charge in [-0.2, -0.15) is 0 Å². The van der Waals surface area contributed by atoms with Crippen LogP contribution in [0.25, 0.3) is 5.69 Å². The van der Waals surface area contributed by atoms with Gasteiger partial charge in [0.1, 0.15) is 5.82 Å². The first-order chi connectivity index (χ1) is 17.5. The molecule has 2 unspecified atom stereocenters. The number of benzene rings is 2. The number of para-hydroxylation sites is 1. The molecule has 36 heavy (non-hydrogen) atoms. The fraction of sp³-hybridized carbons (Fsp3) is 0.179. The van der Waals surface area contributed by atoms with Crippen LogP contribution in [-0.4, -0.2) is 32.0 Å². The van der Waals surface area contributed by atoms with Gasteiger partial charge in [-0.05, 0) is 73.2 Å². The quantitative estimate of drug-likeness (QED) is 0.337. The van der Waals surface area contributed by atoms with Crippen molar-refractivity contribution in [2.24, 2.45) is 0 Å². The van der Waals surface area contributed by atoms with Crippen LogP contribution in [-0.2, 0) is 4.79 Å². The summed E-state index contributed by atoms with van der Waals surface area (Å²) in [4.78, 5) is 19.4. The molecule has 0 aliphatic carbocycles. The molecule has 182 valence electrons. The second-order valence-electron chi connectivity index (χ2n) is 8.74. The van der Waals surface area contributed by atoms with Crippen molar-refractivity contribution in [1.82, 2.24) is 19.8 Å². The molecule has 3 heterocycles. The second-order valence-corrected chi connectivity index (χ2v) is 9.13. The Morgan fingerprint density at radius 2 is 1.92 bits per heavy atom. The van der Waals surface area contributed by atoms with Crippen molar-refractivity contribution in [3.05, 3.63) is 114 Å². The summed E-state index contributed by atoms with van der Waals surface area (Å²) < 4.78 is 16.6. The van der Waals surface area contributed by atoms with Crippen molar-refractivity contribution in [3.63, 3.8) is 0 Å². The van der Waals surface area contributed by atoms with Crippen molar-refractivity contribution in [1.29, 1.82) is 0 Å². The predicted octanol–water partition coefficient (Wildman–Crippen LogP) is 5.32. The molecule has 6 nitrogen and oxygen atoms in total. The average molecular weight is 500 g/mol. The number of anilines is 1. The van der Waals surface area contributed by atoms with Crippen molar-refractivity contribution < 1.29 is 9.18 Å². The number of pyridine rings is 1. The molecule has 1 saturated heterocycles. The number of amides is 1. The molecular formula is C28H26FN5OS. The fourth-order valence-electron chi connectivity index (χ4n) is 4.64. The Morgan fingerprint density at radius 1 is 1.08 bits per heavy atom. The van der Waals surface area contributed by atoms with Crippen LogP contribution in [0, 0.1) is 12.7 Å². The number of carbonyl (C=O) groups is 1. The van der Waals surface area contributed by atoms with E-state index >= 15 is 0 Å². The lowest BCUT2D eigenvalue weighted by Crippen LogP contribution is -2.33. The van der Waals surface area contributed by atoms with E-state index in [1.165, 1.54) is 6.07 Å². The second kappa shape index (κ2) is 10.3. The molecule has 2 N–H and O–H groups in total. The van der Waals surface area contributed by atoms with Crippen LogP contribution in [0.3, 0.4) is 0 Å². The van der Waals surface area contributed by atoms with E-state index < -0.39 is 0 Å². The Hall–Kier alpha value is -4.04. The number of aromatic nitrogens is 2. The van der Waals surface area contributed by atoms with Gasteiger partial charge in [0.2, 0.25) is 5.91 Å². The van der Waals surface area contributed by atoms with Crippen LogP contribution >= 0.6 is 12.2 Å². The number of carbonyl (C=O) groups excluding carboxylic acids is 1. The minimum atomic E-state index is -0.318. The molecular weight excluding hydrogens is 473 g/mol. The van der Waals surface area contributed by atoms with E-state index in [2.05, 4.69) is 15.6 Å². The van der Waals surface area contributed by atoms with Crippen LogP contribution < -0.4 is 10.6 Å². The Labute approximate surface area is 214 Å². The van der Waals surface area contributed by atoms with Gasteiger partial charge in [-0.25, -0.2) is 4.39 Å². The molecule has 0 spiro atoms. The van der Waals surface area contributed by atoms with Gasteiger partial charge in [0.25, 0.3) is 0 Å². The van der Waals surface area contributed by atoms with Crippen LogP contribution in [0.4, 0.5) is 10.1 Å². The summed E-state index contributed by atoms with van der Waals surface area (Å²) >= 11 is 5.73. The minimum Gasteiger partial charge on any atom is -0.352 e. The number of hydrogen-bond acceptors (Lipinski definition) is 3. The zero-order valence-electron chi connectivity index (χ0n) is 19.8. The minimum absolute atomic E-state index is 0.104. The smallest absolute Gasteiger partial charge is 0.226 e. The number of nitrogens with one attached hydrogen (secondary N) is 2. The van der Waals surface area contributed by atoms with E-state index in [1.54, 1.807) is 18.3 Å². The molecule has 0 saturated carbocycles. The van der Waals surface area contributed by atoms with Crippen molar-refractivity contribution in [2.75, 3.05) is 11.9 Å². The third-order valence-corrected chi connectivity index (χ3v) is 6.63. The highest BCUT2D eigenvalue weighted by Crippen LogP contribution is 2.39. The standard InChI is InChI=1S/C28H26FN5OS/c1-19-8-6-9-20(18-19)31-25(35)14-17-34-27(26(32-28(34)36)22-11-4-5-15-30-22)24-13-7-16-33(24)23-12-3-2-10-21(23)29/h2-13,15-16,18,26-27H,14,17H2,1H3,(H,31,35)(H,32,36). The summed E-state index contributed by atoms with van der Waals surface area (Å²) in [6.07, 6.45) is 3.82. The molecule has 8 heteroatoms. The lowest BCUT2D eigenvalue weighted by atomic mass is 10.0. The average Bonchev–Trinajstić information content (AvgIpc) is 3.47.